The first-order valence-corrected chi connectivity index (χ1v) is 24.9. The average Bonchev–Trinajstić information content (AvgIpc) is 4.22. The first-order chi connectivity index (χ1) is 37.2. The third-order valence-electron chi connectivity index (χ3n) is 14.3. The van der Waals surface area contributed by atoms with Crippen molar-refractivity contribution in [2.24, 2.45) is 0 Å². The topological polar surface area (TPSA) is 100 Å². The molecule has 0 N–H and O–H groups in total. The molecule has 0 spiro atoms. The second-order valence-electron chi connectivity index (χ2n) is 18.7. The average molecular weight is 961 g/mol. The fourth-order valence-electron chi connectivity index (χ4n) is 10.8. The van der Waals surface area contributed by atoms with E-state index in [0.717, 1.165) is 122 Å². The van der Waals surface area contributed by atoms with Crippen LogP contribution in [0, 0.1) is 0 Å². The van der Waals surface area contributed by atoms with Crippen molar-refractivity contribution >= 4 is 65.4 Å². The number of benzene rings is 10. The van der Waals surface area contributed by atoms with Gasteiger partial charge < -0.3 is 13.6 Å². The molecule has 0 aliphatic carbocycles. The minimum absolute atomic E-state index is 0.435. The molecule has 10 aromatic carbocycles. The van der Waals surface area contributed by atoms with E-state index in [-0.39, 0.29) is 0 Å². The van der Waals surface area contributed by atoms with Gasteiger partial charge in [0, 0.05) is 77.1 Å². The van der Waals surface area contributed by atoms with Gasteiger partial charge in [0.1, 0.15) is 0 Å². The van der Waals surface area contributed by atoms with Crippen LogP contribution in [0.5, 0.6) is 0 Å². The minimum Gasteiger partial charge on any atom is -0.416 e. The molecule has 0 aliphatic rings. The zero-order valence-electron chi connectivity index (χ0n) is 40.1. The van der Waals surface area contributed by atoms with Gasteiger partial charge in [-0.25, -0.2) is 19.9 Å². The van der Waals surface area contributed by atoms with E-state index in [0.29, 0.717) is 23.4 Å². The lowest BCUT2D eigenvalue weighted by molar-refractivity contribution is 0.584. The number of fused-ring (bicyclic) bond motifs is 8. The highest BCUT2D eigenvalue weighted by molar-refractivity contribution is 6.11. The normalized spacial score (nSPS) is 11.7. The zero-order chi connectivity index (χ0) is 49.4. The maximum atomic E-state index is 6.60. The molecule has 0 unspecified atom stereocenters. The largest absolute Gasteiger partial charge is 0.416 e. The predicted molar refractivity (Wildman–Crippen MR) is 302 cm³/mol. The van der Waals surface area contributed by atoms with Gasteiger partial charge >= 0.3 is 0 Å². The van der Waals surface area contributed by atoms with Gasteiger partial charge in [0.2, 0.25) is 11.8 Å². The van der Waals surface area contributed by atoms with Gasteiger partial charge in [0.15, 0.2) is 11.6 Å². The summed E-state index contributed by atoms with van der Waals surface area (Å²) in [5.74, 6) is 2.22. The lowest BCUT2D eigenvalue weighted by atomic mass is 10.1. The summed E-state index contributed by atoms with van der Waals surface area (Å²) < 4.78 is 11.2. The van der Waals surface area contributed by atoms with E-state index in [1.165, 1.54) is 0 Å². The predicted octanol–water partition coefficient (Wildman–Crippen LogP) is 16.2. The SMILES string of the molecule is c1ccc(-c2nc(-c3ccc(-n4c5ccccc5c5ccc(-c6nnc(-c7ccc8c9ccccc9n(-c9ccc(-c%10nc(-c%11ccccc%11)c%11ccccc%11n%10)cc9)c8c7)o6)cc54)cc3)nc3ccccc23)cc1. The van der Waals surface area contributed by atoms with Crippen LogP contribution in [-0.2, 0) is 0 Å². The van der Waals surface area contributed by atoms with Crippen molar-refractivity contribution in [3.8, 4) is 79.6 Å². The zero-order valence-corrected chi connectivity index (χ0v) is 40.1. The highest BCUT2D eigenvalue weighted by Crippen LogP contribution is 2.39. The second kappa shape index (κ2) is 17.1. The quantitative estimate of drug-likeness (QED) is 0.149. The fraction of sp³-hybridized carbons (Fsp3) is 0. The Morgan fingerprint density at radius 3 is 1.07 bits per heavy atom. The summed E-state index contributed by atoms with van der Waals surface area (Å²) in [4.78, 5) is 20.3. The molecule has 0 saturated carbocycles. The molecule has 0 bridgehead atoms. The highest BCUT2D eigenvalue weighted by atomic mass is 16.4. The minimum atomic E-state index is 0.435. The number of para-hydroxylation sites is 4. The Bertz CT molecular complexity index is 4400. The number of aromatic nitrogens is 8. The van der Waals surface area contributed by atoms with E-state index < -0.39 is 0 Å². The Labute approximate surface area is 429 Å². The monoisotopic (exact) mass is 960 g/mol. The van der Waals surface area contributed by atoms with Crippen LogP contribution >= 0.6 is 0 Å². The number of rotatable bonds is 8. The van der Waals surface area contributed by atoms with Crippen molar-refractivity contribution in [2.75, 3.05) is 0 Å². The molecule has 0 amide bonds. The van der Waals surface area contributed by atoms with E-state index >= 15 is 0 Å². The molecular weight excluding hydrogens is 921 g/mol. The third-order valence-corrected chi connectivity index (χ3v) is 14.3. The molecule has 9 heteroatoms. The molecule has 350 valence electrons. The van der Waals surface area contributed by atoms with E-state index in [4.69, 9.17) is 24.4 Å². The molecular formula is C66H40N8O. The molecule has 0 fully saturated rings. The first kappa shape index (κ1) is 42.3. The molecule has 5 heterocycles. The molecule has 0 aliphatic heterocycles. The smallest absolute Gasteiger partial charge is 0.248 e. The summed E-state index contributed by atoms with van der Waals surface area (Å²) in [6.45, 7) is 0. The Balaban J connectivity index is 0.779. The van der Waals surface area contributed by atoms with Crippen LogP contribution in [0.25, 0.3) is 145 Å². The molecule has 75 heavy (non-hydrogen) atoms. The summed E-state index contributed by atoms with van der Waals surface area (Å²) in [5.41, 5.74) is 15.5. The fourth-order valence-corrected chi connectivity index (χ4v) is 10.8. The van der Waals surface area contributed by atoms with Crippen LogP contribution < -0.4 is 0 Å². The maximum Gasteiger partial charge on any atom is 0.248 e. The third kappa shape index (κ3) is 7.09. The summed E-state index contributed by atoms with van der Waals surface area (Å²) in [6.07, 6.45) is 0. The molecule has 0 saturated heterocycles. The lowest BCUT2D eigenvalue weighted by Crippen LogP contribution is -1.97. The Kier molecular flexibility index (Phi) is 9.67. The number of hydrogen-bond acceptors (Lipinski definition) is 7. The Morgan fingerprint density at radius 2 is 0.627 bits per heavy atom. The van der Waals surface area contributed by atoms with Crippen LogP contribution in [0.3, 0.4) is 0 Å². The van der Waals surface area contributed by atoms with Crippen molar-refractivity contribution in [3.63, 3.8) is 0 Å². The van der Waals surface area contributed by atoms with Crippen molar-refractivity contribution in [1.82, 2.24) is 39.3 Å². The second-order valence-corrected chi connectivity index (χ2v) is 18.7. The van der Waals surface area contributed by atoms with Crippen molar-refractivity contribution in [3.05, 3.63) is 243 Å². The number of nitrogens with zero attached hydrogens (tertiary/aromatic N) is 8. The van der Waals surface area contributed by atoms with Gasteiger partial charge in [-0.15, -0.1) is 10.2 Å². The maximum absolute atomic E-state index is 6.60. The van der Waals surface area contributed by atoms with Gasteiger partial charge in [-0.2, -0.15) is 0 Å². The molecule has 15 aromatic rings. The summed E-state index contributed by atoms with van der Waals surface area (Å²) in [5, 5.41) is 15.9. The van der Waals surface area contributed by atoms with Crippen LogP contribution in [0.15, 0.2) is 247 Å². The summed E-state index contributed by atoms with van der Waals surface area (Å²) >= 11 is 0. The molecule has 0 atom stereocenters. The molecule has 15 rings (SSSR count). The van der Waals surface area contributed by atoms with Gasteiger partial charge in [-0.3, -0.25) is 0 Å². The highest BCUT2D eigenvalue weighted by Gasteiger charge is 2.20. The van der Waals surface area contributed by atoms with Gasteiger partial charge in [0.05, 0.1) is 44.5 Å². The molecule has 0 radical (unpaired) electrons. The van der Waals surface area contributed by atoms with E-state index in [9.17, 15) is 0 Å². The Hall–Kier alpha value is -10.4. The lowest BCUT2D eigenvalue weighted by Gasteiger charge is -2.11. The summed E-state index contributed by atoms with van der Waals surface area (Å²) in [7, 11) is 0. The van der Waals surface area contributed by atoms with Crippen LogP contribution in [-0.4, -0.2) is 39.3 Å². The van der Waals surface area contributed by atoms with Gasteiger partial charge in [-0.05, 0) is 97.1 Å². The van der Waals surface area contributed by atoms with Crippen LogP contribution in [0.2, 0.25) is 0 Å². The first-order valence-electron chi connectivity index (χ1n) is 24.9. The Morgan fingerprint density at radius 1 is 0.267 bits per heavy atom. The van der Waals surface area contributed by atoms with Crippen molar-refractivity contribution in [1.29, 1.82) is 0 Å². The standard InChI is InChI=1S/C66H40N8O/c1-3-15-41(16-4-1)61-53-21-7-11-23-55(53)67-63(69-61)43-27-33-47(34-28-43)73-57-25-13-9-19-49(57)51-37-31-45(39-59(51)73)65-71-72-66(75-65)46-32-38-52-50-20-10-14-26-58(50)74(60(52)40-46)48-35-29-44(30-36-48)64-68-56-24-12-8-22-54(56)62(70-64)42-17-5-2-6-18-42/h1-40H. The summed E-state index contributed by atoms with van der Waals surface area (Å²) in [6, 6.07) is 83.7. The van der Waals surface area contributed by atoms with Crippen LogP contribution in [0.4, 0.5) is 0 Å². The molecule has 9 nitrogen and oxygen atoms in total. The van der Waals surface area contributed by atoms with Crippen molar-refractivity contribution < 1.29 is 4.42 Å². The van der Waals surface area contributed by atoms with E-state index in [1.54, 1.807) is 0 Å². The molecule has 5 aromatic heterocycles. The van der Waals surface area contributed by atoms with Gasteiger partial charge in [-0.1, -0.05) is 146 Å². The van der Waals surface area contributed by atoms with E-state index in [2.05, 4.69) is 189 Å². The number of hydrogen-bond donors (Lipinski definition) is 0. The van der Waals surface area contributed by atoms with Crippen LogP contribution in [0.1, 0.15) is 0 Å². The van der Waals surface area contributed by atoms with Crippen molar-refractivity contribution in [2.45, 2.75) is 0 Å². The van der Waals surface area contributed by atoms with E-state index in [1.807, 2.05) is 72.8 Å². The van der Waals surface area contributed by atoms with Gasteiger partial charge in [0.25, 0.3) is 0 Å².